The Balaban J connectivity index is 1.56. The van der Waals surface area contributed by atoms with E-state index in [1.54, 1.807) is 6.92 Å². The van der Waals surface area contributed by atoms with Gasteiger partial charge in [-0.1, -0.05) is 23.9 Å². The number of anilines is 1. The number of nitrogens with zero attached hydrogens (tertiary/aromatic N) is 3. The Morgan fingerprint density at radius 3 is 2.68 bits per heavy atom. The van der Waals surface area contributed by atoms with E-state index in [0.29, 0.717) is 0 Å². The summed E-state index contributed by atoms with van der Waals surface area (Å²) in [5.41, 5.74) is 2.88. The van der Waals surface area contributed by atoms with Crippen molar-refractivity contribution in [1.29, 1.82) is 0 Å². The summed E-state index contributed by atoms with van der Waals surface area (Å²) in [6.07, 6.45) is 1.69. The molecular formula is C21H25N5O4S. The normalized spacial score (nSPS) is 18.6. The van der Waals surface area contributed by atoms with Gasteiger partial charge in [0.15, 0.2) is 0 Å². The van der Waals surface area contributed by atoms with E-state index < -0.39 is 11.9 Å². The predicted molar refractivity (Wildman–Crippen MR) is 117 cm³/mol. The van der Waals surface area contributed by atoms with Crippen molar-refractivity contribution in [3.05, 3.63) is 47.9 Å². The first-order chi connectivity index (χ1) is 14.8. The molecule has 9 nitrogen and oxygen atoms in total. The van der Waals surface area contributed by atoms with E-state index in [9.17, 15) is 14.4 Å². The number of carbonyl (C=O) groups is 3. The predicted octanol–water partition coefficient (Wildman–Crippen LogP) is 2.70. The maximum Gasteiger partial charge on any atom is 0.324 e. The topological polar surface area (TPSA) is 117 Å². The van der Waals surface area contributed by atoms with Crippen LogP contribution >= 0.6 is 11.8 Å². The summed E-state index contributed by atoms with van der Waals surface area (Å²) in [5.74, 6) is -0.637. The second-order valence-corrected chi connectivity index (χ2v) is 8.39. The van der Waals surface area contributed by atoms with Gasteiger partial charge in [0.2, 0.25) is 17.7 Å². The minimum atomic E-state index is -0.524. The van der Waals surface area contributed by atoms with Gasteiger partial charge in [0.25, 0.3) is 5.22 Å². The number of amides is 4. The molecule has 0 radical (unpaired) electrons. The standard InChI is InChI=1S/C21H25N5O4S/c1-5-6-26-19(28)16(14(4)22-20(26)29)10-18-24-25-21(30-18)31-11-17(27)23-15-8-12(2)7-13(3)9-15/h5,7-9,14,16H,1,6,10-11H2,2-4H3,(H,22,29)(H,23,27). The molecular weight excluding hydrogens is 418 g/mol. The molecule has 0 saturated carbocycles. The lowest BCUT2D eigenvalue weighted by atomic mass is 9.93. The van der Waals surface area contributed by atoms with E-state index in [1.165, 1.54) is 6.08 Å². The molecule has 0 spiro atoms. The maximum absolute atomic E-state index is 12.7. The van der Waals surface area contributed by atoms with Gasteiger partial charge in [-0.2, -0.15) is 0 Å². The summed E-state index contributed by atoms with van der Waals surface area (Å²) in [7, 11) is 0. The van der Waals surface area contributed by atoms with Crippen LogP contribution in [0.4, 0.5) is 10.5 Å². The molecule has 0 aliphatic carbocycles. The fourth-order valence-electron chi connectivity index (χ4n) is 3.39. The molecule has 0 bridgehead atoms. The van der Waals surface area contributed by atoms with Gasteiger partial charge in [-0.05, 0) is 44.0 Å². The van der Waals surface area contributed by atoms with E-state index in [-0.39, 0.29) is 47.7 Å². The van der Waals surface area contributed by atoms with Gasteiger partial charge in [-0.15, -0.1) is 16.8 Å². The number of urea groups is 1. The highest BCUT2D eigenvalue weighted by Crippen LogP contribution is 2.23. The first-order valence-electron chi connectivity index (χ1n) is 9.83. The molecule has 2 atom stereocenters. The zero-order valence-electron chi connectivity index (χ0n) is 17.7. The zero-order valence-corrected chi connectivity index (χ0v) is 18.5. The average molecular weight is 444 g/mol. The monoisotopic (exact) mass is 443 g/mol. The quantitative estimate of drug-likeness (QED) is 0.476. The number of aromatic nitrogens is 2. The van der Waals surface area contributed by atoms with Crippen LogP contribution in [-0.4, -0.2) is 51.3 Å². The molecule has 164 valence electrons. The maximum atomic E-state index is 12.7. The molecule has 1 saturated heterocycles. The summed E-state index contributed by atoms with van der Waals surface area (Å²) in [5, 5.41) is 13.8. The van der Waals surface area contributed by atoms with Crippen LogP contribution in [0.25, 0.3) is 0 Å². The molecule has 4 amide bonds. The van der Waals surface area contributed by atoms with E-state index in [0.717, 1.165) is 33.5 Å². The van der Waals surface area contributed by atoms with E-state index in [1.807, 2.05) is 32.0 Å². The smallest absolute Gasteiger partial charge is 0.324 e. The van der Waals surface area contributed by atoms with E-state index in [4.69, 9.17) is 4.42 Å². The van der Waals surface area contributed by atoms with E-state index in [2.05, 4.69) is 27.4 Å². The molecule has 2 unspecified atom stereocenters. The lowest BCUT2D eigenvalue weighted by Gasteiger charge is -2.34. The number of nitrogens with one attached hydrogen (secondary N) is 2. The van der Waals surface area contributed by atoms with Crippen LogP contribution in [0.2, 0.25) is 0 Å². The number of aryl methyl sites for hydroxylation is 2. The van der Waals surface area contributed by atoms with Gasteiger partial charge < -0.3 is 15.1 Å². The van der Waals surface area contributed by atoms with Crippen molar-refractivity contribution in [1.82, 2.24) is 20.4 Å². The van der Waals surface area contributed by atoms with Gasteiger partial charge in [-0.25, -0.2) is 4.79 Å². The van der Waals surface area contributed by atoms with Crippen LogP contribution in [0.1, 0.15) is 23.9 Å². The Hall–Kier alpha value is -3.14. The van der Waals surface area contributed by atoms with Gasteiger partial charge in [0.1, 0.15) is 0 Å². The number of carbonyl (C=O) groups excluding carboxylic acids is 3. The van der Waals surface area contributed by atoms with Crippen molar-refractivity contribution in [2.75, 3.05) is 17.6 Å². The summed E-state index contributed by atoms with van der Waals surface area (Å²) in [4.78, 5) is 38.0. The third-order valence-electron chi connectivity index (χ3n) is 4.77. The number of thioether (sulfide) groups is 1. The highest BCUT2D eigenvalue weighted by atomic mass is 32.2. The van der Waals surface area contributed by atoms with Gasteiger partial charge in [0, 0.05) is 24.7 Å². The van der Waals surface area contributed by atoms with Crippen molar-refractivity contribution in [2.45, 2.75) is 38.5 Å². The summed E-state index contributed by atoms with van der Waals surface area (Å²) >= 11 is 1.12. The van der Waals surface area contributed by atoms with Gasteiger partial charge in [0.05, 0.1) is 11.7 Å². The highest BCUT2D eigenvalue weighted by molar-refractivity contribution is 7.99. The second-order valence-electron chi connectivity index (χ2n) is 7.46. The zero-order chi connectivity index (χ0) is 22.5. The van der Waals surface area contributed by atoms with Crippen molar-refractivity contribution < 1.29 is 18.8 Å². The van der Waals surface area contributed by atoms with Crippen LogP contribution in [0, 0.1) is 19.8 Å². The molecule has 1 aromatic heterocycles. The lowest BCUT2D eigenvalue weighted by Crippen LogP contribution is -2.59. The minimum absolute atomic E-state index is 0.108. The van der Waals surface area contributed by atoms with Crippen LogP contribution in [0.5, 0.6) is 0 Å². The number of hydrogen-bond acceptors (Lipinski definition) is 7. The molecule has 2 N–H and O–H groups in total. The van der Waals surface area contributed by atoms with Crippen LogP contribution < -0.4 is 10.6 Å². The molecule has 2 aromatic rings. The fraction of sp³-hybridized carbons (Fsp3) is 0.381. The molecule has 1 fully saturated rings. The Morgan fingerprint density at radius 1 is 1.29 bits per heavy atom. The van der Waals surface area contributed by atoms with Crippen molar-refractivity contribution >= 4 is 35.3 Å². The molecule has 1 aliphatic rings. The Labute approximate surface area is 184 Å². The molecule has 10 heteroatoms. The summed E-state index contributed by atoms with van der Waals surface area (Å²) < 4.78 is 5.60. The Kier molecular flexibility index (Phi) is 7.11. The van der Waals surface area contributed by atoms with Crippen LogP contribution in [-0.2, 0) is 16.0 Å². The van der Waals surface area contributed by atoms with Crippen molar-refractivity contribution in [3.63, 3.8) is 0 Å². The minimum Gasteiger partial charge on any atom is -0.416 e. The summed E-state index contributed by atoms with van der Waals surface area (Å²) in [6, 6.07) is 5.02. The molecule has 1 aromatic carbocycles. The molecule has 31 heavy (non-hydrogen) atoms. The Morgan fingerprint density at radius 2 is 2.00 bits per heavy atom. The van der Waals surface area contributed by atoms with Crippen LogP contribution in [0.3, 0.4) is 0 Å². The van der Waals surface area contributed by atoms with E-state index >= 15 is 0 Å². The molecule has 2 heterocycles. The lowest BCUT2D eigenvalue weighted by molar-refractivity contribution is -0.134. The number of benzene rings is 1. The number of hydrogen-bond donors (Lipinski definition) is 2. The van der Waals surface area contributed by atoms with Gasteiger partial charge in [-0.3, -0.25) is 14.5 Å². The number of imide groups is 1. The Bertz CT molecular complexity index is 985. The average Bonchev–Trinajstić information content (AvgIpc) is 3.13. The first-order valence-corrected chi connectivity index (χ1v) is 10.8. The fourth-order valence-corrected chi connectivity index (χ4v) is 3.97. The molecule has 3 rings (SSSR count). The van der Waals surface area contributed by atoms with Crippen LogP contribution in [0.15, 0.2) is 40.5 Å². The third-order valence-corrected chi connectivity index (χ3v) is 5.59. The van der Waals surface area contributed by atoms with Crippen molar-refractivity contribution in [2.24, 2.45) is 5.92 Å². The third kappa shape index (κ3) is 5.72. The second kappa shape index (κ2) is 9.78. The SMILES string of the molecule is C=CCN1C(=O)NC(C)C(Cc2nnc(SCC(=O)Nc3cc(C)cc(C)c3)o2)C1=O. The molecule has 1 aliphatic heterocycles. The van der Waals surface area contributed by atoms with Gasteiger partial charge >= 0.3 is 6.03 Å². The first kappa shape index (κ1) is 22.5. The largest absolute Gasteiger partial charge is 0.416 e. The highest BCUT2D eigenvalue weighted by Gasteiger charge is 2.39. The van der Waals surface area contributed by atoms with Crippen molar-refractivity contribution in [3.8, 4) is 0 Å². The number of rotatable bonds is 8. The summed E-state index contributed by atoms with van der Waals surface area (Å²) in [6.45, 7) is 9.41.